The van der Waals surface area contributed by atoms with Crippen molar-refractivity contribution in [2.75, 3.05) is 19.7 Å². The lowest BCUT2D eigenvalue weighted by atomic mass is 10.1. The number of carbonyl (C=O) groups excluding carboxylic acids is 1. The number of hydrogen-bond acceptors (Lipinski definition) is 5. The van der Waals surface area contributed by atoms with Crippen LogP contribution in [-0.2, 0) is 6.42 Å². The number of aromatic nitrogens is 2. The molecule has 8 heteroatoms. The first-order chi connectivity index (χ1) is 12.1. The molecule has 3 heterocycles. The number of hydrogen-bond donors (Lipinski definition) is 1. The van der Waals surface area contributed by atoms with E-state index in [9.17, 15) is 9.18 Å². The van der Waals surface area contributed by atoms with Crippen LogP contribution in [0.25, 0.3) is 11.4 Å². The molecule has 0 spiro atoms. The van der Waals surface area contributed by atoms with Crippen molar-refractivity contribution >= 4 is 6.03 Å². The Labute approximate surface area is 144 Å². The monoisotopic (exact) mass is 346 g/mol. The first kappa shape index (κ1) is 15.9. The summed E-state index contributed by atoms with van der Waals surface area (Å²) < 4.78 is 24.1. The Balaban J connectivity index is 1.48. The summed E-state index contributed by atoms with van der Waals surface area (Å²) in [6.07, 6.45) is 0.154. The highest BCUT2D eigenvalue weighted by atomic mass is 19.1. The highest BCUT2D eigenvalue weighted by molar-refractivity contribution is 5.75. The number of ether oxygens (including phenoxy) is 1. The van der Waals surface area contributed by atoms with Crippen LogP contribution in [0.15, 0.2) is 22.7 Å². The van der Waals surface area contributed by atoms with E-state index in [4.69, 9.17) is 9.26 Å². The largest absolute Gasteiger partial charge is 0.491 e. The Kier molecular flexibility index (Phi) is 4.03. The number of benzene rings is 1. The zero-order valence-electron chi connectivity index (χ0n) is 13.9. The summed E-state index contributed by atoms with van der Waals surface area (Å²) in [7, 11) is 0. The molecule has 2 aromatic rings. The maximum Gasteiger partial charge on any atom is 0.318 e. The van der Waals surface area contributed by atoms with Gasteiger partial charge in [-0.05, 0) is 12.5 Å². The number of nitrogens with one attached hydrogen (secondary N) is 1. The maximum atomic E-state index is 13.3. The Morgan fingerprint density at radius 3 is 3.08 bits per heavy atom. The fourth-order valence-corrected chi connectivity index (χ4v) is 3.13. The lowest BCUT2D eigenvalue weighted by Gasteiger charge is -2.19. The van der Waals surface area contributed by atoms with Gasteiger partial charge in [0, 0.05) is 24.1 Å². The molecule has 25 heavy (non-hydrogen) atoms. The molecule has 2 aliphatic heterocycles. The molecule has 2 unspecified atom stereocenters. The van der Waals surface area contributed by atoms with E-state index >= 15 is 0 Å². The summed E-state index contributed by atoms with van der Waals surface area (Å²) in [5.74, 6) is 1.79. The average molecular weight is 346 g/mol. The number of rotatable bonds is 3. The molecular formula is C17H19FN4O3. The van der Waals surface area contributed by atoms with Gasteiger partial charge in [-0.25, -0.2) is 9.18 Å². The van der Waals surface area contributed by atoms with Crippen LogP contribution in [0.1, 0.15) is 30.8 Å². The molecule has 1 fully saturated rings. The first-order valence-electron chi connectivity index (χ1n) is 8.43. The molecule has 0 radical (unpaired) electrons. The minimum Gasteiger partial charge on any atom is -0.491 e. The van der Waals surface area contributed by atoms with E-state index in [1.807, 2.05) is 25.1 Å². The third kappa shape index (κ3) is 3.04. The number of nitrogens with zero attached hydrogens (tertiary/aromatic N) is 3. The zero-order valence-corrected chi connectivity index (χ0v) is 13.9. The van der Waals surface area contributed by atoms with Crippen LogP contribution in [0.5, 0.6) is 5.75 Å². The Morgan fingerprint density at radius 2 is 2.36 bits per heavy atom. The second kappa shape index (κ2) is 6.34. The SMILES string of the molecule is CCc1nc(-c2ccc3c(c2)OCC3NC(=O)N2CCC(F)C2)no1. The Bertz CT molecular complexity index is 794. The molecule has 2 amide bonds. The van der Waals surface area contributed by atoms with Crippen LogP contribution in [0, 0.1) is 0 Å². The standard InChI is InChI=1S/C17H19FN4O3/c1-2-15-20-16(21-25-15)10-3-4-12-13(9-24-14(12)7-10)19-17(23)22-6-5-11(18)8-22/h3-4,7,11,13H,2,5-6,8-9H2,1H3,(H,19,23). The normalized spacial score (nSPS) is 21.9. The highest BCUT2D eigenvalue weighted by Crippen LogP contribution is 2.35. The van der Waals surface area contributed by atoms with Crippen molar-refractivity contribution in [3.63, 3.8) is 0 Å². The molecule has 4 rings (SSSR count). The second-order valence-electron chi connectivity index (χ2n) is 6.26. The van der Waals surface area contributed by atoms with E-state index in [1.54, 1.807) is 0 Å². The van der Waals surface area contributed by atoms with E-state index < -0.39 is 6.17 Å². The van der Waals surface area contributed by atoms with Crippen LogP contribution in [0.3, 0.4) is 0 Å². The van der Waals surface area contributed by atoms with Gasteiger partial charge in [-0.1, -0.05) is 24.2 Å². The molecule has 132 valence electrons. The van der Waals surface area contributed by atoms with Crippen LogP contribution < -0.4 is 10.1 Å². The topological polar surface area (TPSA) is 80.5 Å². The first-order valence-corrected chi connectivity index (χ1v) is 8.43. The third-order valence-electron chi connectivity index (χ3n) is 4.54. The molecule has 2 aliphatic rings. The van der Waals surface area contributed by atoms with Gasteiger partial charge in [-0.15, -0.1) is 0 Å². The molecule has 7 nitrogen and oxygen atoms in total. The summed E-state index contributed by atoms with van der Waals surface area (Å²) in [6.45, 7) is 2.90. The van der Waals surface area contributed by atoms with E-state index in [0.29, 0.717) is 43.5 Å². The molecule has 1 saturated heterocycles. The molecule has 1 aromatic carbocycles. The van der Waals surface area contributed by atoms with E-state index in [2.05, 4.69) is 15.5 Å². The van der Waals surface area contributed by atoms with Gasteiger partial charge >= 0.3 is 6.03 Å². The third-order valence-corrected chi connectivity index (χ3v) is 4.54. The van der Waals surface area contributed by atoms with Crippen LogP contribution in [0.4, 0.5) is 9.18 Å². The second-order valence-corrected chi connectivity index (χ2v) is 6.26. The molecule has 0 saturated carbocycles. The number of urea groups is 1. The summed E-state index contributed by atoms with van der Waals surface area (Å²) >= 11 is 0. The number of alkyl halides is 1. The summed E-state index contributed by atoms with van der Waals surface area (Å²) in [6, 6.07) is 5.12. The smallest absolute Gasteiger partial charge is 0.318 e. The van der Waals surface area contributed by atoms with E-state index in [0.717, 1.165) is 11.1 Å². The van der Waals surface area contributed by atoms with Crippen molar-refractivity contribution in [2.24, 2.45) is 0 Å². The van der Waals surface area contributed by atoms with E-state index in [1.165, 1.54) is 4.90 Å². The molecular weight excluding hydrogens is 327 g/mol. The fourth-order valence-electron chi connectivity index (χ4n) is 3.13. The van der Waals surface area contributed by atoms with Gasteiger partial charge in [0.05, 0.1) is 12.6 Å². The number of amides is 2. The number of fused-ring (bicyclic) bond motifs is 1. The molecule has 0 aliphatic carbocycles. The Morgan fingerprint density at radius 1 is 1.48 bits per heavy atom. The van der Waals surface area contributed by atoms with Crippen LogP contribution in [-0.4, -0.2) is 46.9 Å². The average Bonchev–Trinajstić information content (AvgIpc) is 3.34. The molecule has 2 atom stereocenters. The lowest BCUT2D eigenvalue weighted by Crippen LogP contribution is -2.41. The highest BCUT2D eigenvalue weighted by Gasteiger charge is 2.31. The maximum absolute atomic E-state index is 13.3. The lowest BCUT2D eigenvalue weighted by molar-refractivity contribution is 0.196. The summed E-state index contributed by atoms with van der Waals surface area (Å²) in [4.78, 5) is 18.0. The minimum atomic E-state index is -0.927. The van der Waals surface area contributed by atoms with Crippen LogP contribution in [0.2, 0.25) is 0 Å². The van der Waals surface area contributed by atoms with Gasteiger partial charge in [0.1, 0.15) is 18.5 Å². The fraction of sp³-hybridized carbons (Fsp3) is 0.471. The molecule has 0 bridgehead atoms. The minimum absolute atomic E-state index is 0.156. The van der Waals surface area contributed by atoms with Crippen molar-refractivity contribution < 1.29 is 18.4 Å². The number of aryl methyl sites for hydroxylation is 1. The molecule has 1 aromatic heterocycles. The predicted molar refractivity (Wildman–Crippen MR) is 87.0 cm³/mol. The van der Waals surface area contributed by atoms with Gasteiger partial charge in [0.15, 0.2) is 0 Å². The van der Waals surface area contributed by atoms with Gasteiger partial charge in [0.25, 0.3) is 0 Å². The quantitative estimate of drug-likeness (QED) is 0.923. The van der Waals surface area contributed by atoms with Gasteiger partial charge in [-0.3, -0.25) is 0 Å². The van der Waals surface area contributed by atoms with Crippen molar-refractivity contribution in [2.45, 2.75) is 32.0 Å². The zero-order chi connectivity index (χ0) is 17.4. The van der Waals surface area contributed by atoms with Gasteiger partial charge < -0.3 is 19.5 Å². The van der Waals surface area contributed by atoms with Crippen LogP contribution >= 0.6 is 0 Å². The molecule has 1 N–H and O–H groups in total. The number of carbonyl (C=O) groups is 1. The van der Waals surface area contributed by atoms with Crippen molar-refractivity contribution in [1.29, 1.82) is 0 Å². The number of likely N-dealkylation sites (tertiary alicyclic amines) is 1. The van der Waals surface area contributed by atoms with Gasteiger partial charge in [-0.2, -0.15) is 4.98 Å². The summed E-state index contributed by atoms with van der Waals surface area (Å²) in [5, 5.41) is 6.87. The van der Waals surface area contributed by atoms with Crippen molar-refractivity contribution in [1.82, 2.24) is 20.4 Å². The summed E-state index contributed by atoms with van der Waals surface area (Å²) in [5.41, 5.74) is 1.70. The van der Waals surface area contributed by atoms with E-state index in [-0.39, 0.29) is 18.6 Å². The predicted octanol–water partition coefficient (Wildman–Crippen LogP) is 2.49. The Hall–Kier alpha value is -2.64. The van der Waals surface area contributed by atoms with Gasteiger partial charge in [0.2, 0.25) is 11.7 Å². The van der Waals surface area contributed by atoms with Crippen molar-refractivity contribution in [3.05, 3.63) is 29.7 Å². The van der Waals surface area contributed by atoms with Crippen molar-refractivity contribution in [3.8, 4) is 17.1 Å². The number of halogens is 1.